The van der Waals surface area contributed by atoms with Crippen molar-refractivity contribution in [3.05, 3.63) is 40.4 Å². The highest BCUT2D eigenvalue weighted by Gasteiger charge is 2.43. The molecule has 0 radical (unpaired) electrons. The minimum atomic E-state index is -0.692. The summed E-state index contributed by atoms with van der Waals surface area (Å²) in [5.74, 6) is -0.0887. The number of aliphatic hydroxyl groups excluding tert-OH is 1. The van der Waals surface area contributed by atoms with Crippen LogP contribution in [0.5, 0.6) is 0 Å². The molecule has 3 rings (SSSR count). The number of nitrogens with one attached hydrogen (secondary N) is 2. The van der Waals surface area contributed by atoms with Crippen molar-refractivity contribution in [2.75, 3.05) is 6.61 Å². The van der Waals surface area contributed by atoms with Gasteiger partial charge < -0.3 is 15.4 Å². The van der Waals surface area contributed by atoms with Gasteiger partial charge in [0.1, 0.15) is 0 Å². The van der Waals surface area contributed by atoms with Crippen LogP contribution in [0, 0.1) is 11.3 Å². The van der Waals surface area contributed by atoms with Crippen LogP contribution in [0.1, 0.15) is 50.7 Å². The van der Waals surface area contributed by atoms with E-state index in [0.717, 1.165) is 6.42 Å². The number of carbonyl (C=O) groups excluding carboxylic acids is 1. The van der Waals surface area contributed by atoms with Gasteiger partial charge in [-0.1, -0.05) is 32.9 Å². The molecular formula is C19H25N3O3. The maximum absolute atomic E-state index is 12.7. The number of benzene rings is 1. The van der Waals surface area contributed by atoms with Crippen molar-refractivity contribution >= 4 is 16.8 Å². The van der Waals surface area contributed by atoms with Crippen molar-refractivity contribution < 1.29 is 9.90 Å². The second kappa shape index (κ2) is 6.26. The minimum Gasteiger partial charge on any atom is -0.394 e. The second-order valence-electron chi connectivity index (χ2n) is 8.18. The van der Waals surface area contributed by atoms with Crippen molar-refractivity contribution in [3.8, 4) is 0 Å². The van der Waals surface area contributed by atoms with Gasteiger partial charge in [-0.05, 0) is 42.7 Å². The van der Waals surface area contributed by atoms with Crippen LogP contribution in [0.15, 0.2) is 29.1 Å². The van der Waals surface area contributed by atoms with Crippen LogP contribution in [0.4, 0.5) is 0 Å². The van der Waals surface area contributed by atoms with E-state index in [2.05, 4.69) is 36.1 Å². The molecule has 6 heteroatoms. The number of hydrogen-bond acceptors (Lipinski definition) is 4. The molecule has 0 bridgehead atoms. The zero-order chi connectivity index (χ0) is 18.2. The summed E-state index contributed by atoms with van der Waals surface area (Å²) < 4.78 is 0. The van der Waals surface area contributed by atoms with E-state index in [4.69, 9.17) is 0 Å². The molecule has 2 unspecified atom stereocenters. The lowest BCUT2D eigenvalue weighted by Crippen LogP contribution is -2.57. The first-order chi connectivity index (χ1) is 11.7. The average molecular weight is 343 g/mol. The van der Waals surface area contributed by atoms with Crippen molar-refractivity contribution in [3.63, 3.8) is 0 Å². The molecule has 0 aliphatic heterocycles. The van der Waals surface area contributed by atoms with E-state index in [1.54, 1.807) is 24.3 Å². The zero-order valence-electron chi connectivity index (χ0n) is 14.9. The number of aromatic amines is 1. The SMILES string of the molecule is CC1CC(C)(C)CC(CO)(NC(=O)c2nc3ccccc3c(=O)[nH]2)C1. The Morgan fingerprint density at radius 1 is 1.36 bits per heavy atom. The van der Waals surface area contributed by atoms with Gasteiger partial charge in [-0.3, -0.25) is 9.59 Å². The van der Waals surface area contributed by atoms with Gasteiger partial charge in [-0.25, -0.2) is 4.98 Å². The van der Waals surface area contributed by atoms with Crippen LogP contribution in [-0.4, -0.2) is 33.1 Å². The summed E-state index contributed by atoms with van der Waals surface area (Å²) in [5.41, 5.74) is -0.529. The molecule has 1 amide bonds. The highest BCUT2D eigenvalue weighted by Crippen LogP contribution is 2.43. The van der Waals surface area contributed by atoms with Crippen LogP contribution < -0.4 is 10.9 Å². The maximum Gasteiger partial charge on any atom is 0.287 e. The summed E-state index contributed by atoms with van der Waals surface area (Å²) >= 11 is 0. The van der Waals surface area contributed by atoms with E-state index >= 15 is 0 Å². The van der Waals surface area contributed by atoms with Gasteiger partial charge in [0, 0.05) is 0 Å². The summed E-state index contributed by atoms with van der Waals surface area (Å²) in [6.45, 7) is 6.29. The summed E-state index contributed by atoms with van der Waals surface area (Å²) in [6.07, 6.45) is 2.44. The number of fused-ring (bicyclic) bond motifs is 1. The van der Waals surface area contributed by atoms with Crippen LogP contribution >= 0.6 is 0 Å². The van der Waals surface area contributed by atoms with Gasteiger partial charge in [0.2, 0.25) is 0 Å². The van der Waals surface area contributed by atoms with Crippen LogP contribution in [0.2, 0.25) is 0 Å². The van der Waals surface area contributed by atoms with E-state index in [1.807, 2.05) is 0 Å². The van der Waals surface area contributed by atoms with Gasteiger partial charge in [0.25, 0.3) is 11.5 Å². The van der Waals surface area contributed by atoms with Gasteiger partial charge in [-0.2, -0.15) is 0 Å². The van der Waals surface area contributed by atoms with Gasteiger partial charge in [0.15, 0.2) is 5.82 Å². The third-order valence-electron chi connectivity index (χ3n) is 4.97. The van der Waals surface area contributed by atoms with Crippen LogP contribution in [-0.2, 0) is 0 Å². The van der Waals surface area contributed by atoms with E-state index in [9.17, 15) is 14.7 Å². The number of para-hydroxylation sites is 1. The van der Waals surface area contributed by atoms with Crippen molar-refractivity contribution in [2.24, 2.45) is 11.3 Å². The fraction of sp³-hybridized carbons (Fsp3) is 0.526. The Hall–Kier alpha value is -2.21. The van der Waals surface area contributed by atoms with Crippen molar-refractivity contribution in [1.82, 2.24) is 15.3 Å². The molecule has 1 saturated carbocycles. The highest BCUT2D eigenvalue weighted by molar-refractivity contribution is 5.93. The lowest BCUT2D eigenvalue weighted by Gasteiger charge is -2.47. The maximum atomic E-state index is 12.7. The van der Waals surface area contributed by atoms with Crippen molar-refractivity contribution in [1.29, 1.82) is 0 Å². The quantitative estimate of drug-likeness (QED) is 0.796. The Morgan fingerprint density at radius 2 is 2.08 bits per heavy atom. The van der Waals surface area contributed by atoms with Crippen LogP contribution in [0.3, 0.4) is 0 Å². The smallest absolute Gasteiger partial charge is 0.287 e. The first-order valence-corrected chi connectivity index (χ1v) is 8.66. The first-order valence-electron chi connectivity index (χ1n) is 8.66. The first kappa shape index (κ1) is 17.6. The largest absolute Gasteiger partial charge is 0.394 e. The molecular weight excluding hydrogens is 318 g/mol. The fourth-order valence-electron chi connectivity index (χ4n) is 4.49. The summed E-state index contributed by atoms with van der Waals surface area (Å²) in [7, 11) is 0. The lowest BCUT2D eigenvalue weighted by molar-refractivity contribution is 0.0330. The summed E-state index contributed by atoms with van der Waals surface area (Å²) in [4.78, 5) is 31.7. The predicted molar refractivity (Wildman–Crippen MR) is 96.4 cm³/mol. The molecule has 2 aromatic rings. The van der Waals surface area contributed by atoms with Crippen LogP contribution in [0.25, 0.3) is 10.9 Å². The van der Waals surface area contributed by atoms with E-state index < -0.39 is 11.4 Å². The third kappa shape index (κ3) is 3.58. The number of rotatable bonds is 3. The lowest BCUT2D eigenvalue weighted by atomic mass is 9.64. The molecule has 0 saturated heterocycles. The monoisotopic (exact) mass is 343 g/mol. The Kier molecular flexibility index (Phi) is 4.41. The standard InChI is InChI=1S/C19H25N3O3/c1-12-8-18(2,3)10-19(9-12,11-23)22-17(25)15-20-14-7-5-4-6-13(14)16(24)21-15/h4-7,12,23H,8-11H2,1-3H3,(H,22,25)(H,20,21,24). The number of carbonyl (C=O) groups is 1. The molecule has 25 heavy (non-hydrogen) atoms. The molecule has 134 valence electrons. The normalized spacial score (nSPS) is 25.7. The van der Waals surface area contributed by atoms with E-state index in [1.165, 1.54) is 0 Å². The number of nitrogens with zero attached hydrogens (tertiary/aromatic N) is 1. The molecule has 1 aliphatic carbocycles. The fourth-order valence-corrected chi connectivity index (χ4v) is 4.49. The molecule has 1 aliphatic rings. The van der Waals surface area contributed by atoms with E-state index in [0.29, 0.717) is 29.7 Å². The number of aromatic nitrogens is 2. The average Bonchev–Trinajstić information content (AvgIpc) is 2.52. The number of H-pyrrole nitrogens is 1. The second-order valence-corrected chi connectivity index (χ2v) is 8.18. The number of aliphatic hydroxyl groups is 1. The topological polar surface area (TPSA) is 95.1 Å². The molecule has 1 aromatic heterocycles. The Bertz CT molecular complexity index is 858. The molecule has 1 heterocycles. The molecule has 6 nitrogen and oxygen atoms in total. The molecule has 1 fully saturated rings. The molecule has 1 aromatic carbocycles. The number of hydrogen-bond donors (Lipinski definition) is 3. The Labute approximate surface area is 146 Å². The summed E-state index contributed by atoms with van der Waals surface area (Å²) in [6, 6.07) is 6.90. The van der Waals surface area contributed by atoms with Gasteiger partial charge in [-0.15, -0.1) is 0 Å². The summed E-state index contributed by atoms with van der Waals surface area (Å²) in [5, 5.41) is 13.4. The molecule has 2 atom stereocenters. The molecule has 0 spiro atoms. The molecule has 3 N–H and O–H groups in total. The van der Waals surface area contributed by atoms with Crippen molar-refractivity contribution in [2.45, 2.75) is 45.6 Å². The predicted octanol–water partition coefficient (Wildman–Crippen LogP) is 2.23. The highest BCUT2D eigenvalue weighted by atomic mass is 16.3. The Morgan fingerprint density at radius 3 is 2.76 bits per heavy atom. The van der Waals surface area contributed by atoms with Gasteiger partial charge in [0.05, 0.1) is 23.0 Å². The number of amides is 1. The minimum absolute atomic E-state index is 0.0208. The third-order valence-corrected chi connectivity index (χ3v) is 4.97. The van der Waals surface area contributed by atoms with Gasteiger partial charge >= 0.3 is 0 Å². The zero-order valence-corrected chi connectivity index (χ0v) is 14.9. The Balaban J connectivity index is 1.92. The van der Waals surface area contributed by atoms with E-state index in [-0.39, 0.29) is 23.4 Å².